The van der Waals surface area contributed by atoms with Crippen LogP contribution in [0.15, 0.2) is 61.2 Å². The van der Waals surface area contributed by atoms with E-state index in [0.29, 0.717) is 11.4 Å². The molecule has 28 heavy (non-hydrogen) atoms. The first-order chi connectivity index (χ1) is 13.4. The van der Waals surface area contributed by atoms with Crippen LogP contribution in [-0.4, -0.2) is 35.3 Å². The maximum atomic E-state index is 13.0. The molecule has 1 saturated heterocycles. The van der Waals surface area contributed by atoms with Gasteiger partial charge in [-0.3, -0.25) is 9.59 Å². The molecule has 2 aromatic carbocycles. The van der Waals surface area contributed by atoms with Crippen LogP contribution in [-0.2, 0) is 9.59 Å². The number of amides is 4. The molecular formula is C21H20FN3O3. The first kappa shape index (κ1) is 19.3. The van der Waals surface area contributed by atoms with Gasteiger partial charge in [0.25, 0.3) is 5.91 Å². The van der Waals surface area contributed by atoms with Crippen molar-refractivity contribution in [1.29, 1.82) is 0 Å². The van der Waals surface area contributed by atoms with Crippen LogP contribution in [0.2, 0.25) is 0 Å². The smallest absolute Gasteiger partial charge is 0.326 e. The zero-order valence-corrected chi connectivity index (χ0v) is 15.4. The molecule has 1 heterocycles. The third-order valence-electron chi connectivity index (χ3n) is 4.41. The third kappa shape index (κ3) is 3.93. The van der Waals surface area contributed by atoms with Crippen molar-refractivity contribution in [3.05, 3.63) is 72.6 Å². The van der Waals surface area contributed by atoms with Crippen LogP contribution in [0.3, 0.4) is 0 Å². The Hall–Kier alpha value is -3.48. The van der Waals surface area contributed by atoms with Crippen LogP contribution < -0.4 is 10.2 Å². The zero-order valence-electron chi connectivity index (χ0n) is 15.4. The molecule has 3 rings (SSSR count). The topological polar surface area (TPSA) is 69.7 Å². The van der Waals surface area contributed by atoms with Crippen LogP contribution in [0.25, 0.3) is 0 Å². The predicted octanol–water partition coefficient (Wildman–Crippen LogP) is 3.49. The summed E-state index contributed by atoms with van der Waals surface area (Å²) in [5.74, 6) is -1.33. The average molecular weight is 381 g/mol. The Balaban J connectivity index is 1.80. The summed E-state index contributed by atoms with van der Waals surface area (Å²) in [6.45, 7) is 5.63. The minimum atomic E-state index is -0.938. The summed E-state index contributed by atoms with van der Waals surface area (Å²) in [4.78, 5) is 40.6. The zero-order chi connectivity index (χ0) is 20.3. The standard InChI is InChI=1S/C21H20FN3O3/c1-3-11-24-18(13-19(26)23-16-9-7-15(22)8-10-16)20(27)25(21(24)28)17-6-4-5-14(2)12-17/h3-10,12,18H,1,11,13H2,2H3,(H,23,26)/t18-/m1/s1. The minimum absolute atomic E-state index is 0.140. The minimum Gasteiger partial charge on any atom is -0.326 e. The molecule has 0 bridgehead atoms. The van der Waals surface area contributed by atoms with Crippen LogP contribution in [0.1, 0.15) is 12.0 Å². The highest BCUT2D eigenvalue weighted by molar-refractivity contribution is 6.22. The van der Waals surface area contributed by atoms with E-state index in [2.05, 4.69) is 11.9 Å². The van der Waals surface area contributed by atoms with Gasteiger partial charge in [-0.15, -0.1) is 6.58 Å². The number of aryl methyl sites for hydroxylation is 1. The maximum Gasteiger partial charge on any atom is 0.332 e. The second kappa shape index (κ2) is 8.04. The van der Waals surface area contributed by atoms with Gasteiger partial charge in [0.05, 0.1) is 12.1 Å². The number of anilines is 2. The molecule has 0 aliphatic carbocycles. The molecule has 0 unspecified atom stereocenters. The van der Waals surface area contributed by atoms with Crippen LogP contribution in [0.5, 0.6) is 0 Å². The van der Waals surface area contributed by atoms with Gasteiger partial charge in [-0.2, -0.15) is 0 Å². The second-order valence-electron chi connectivity index (χ2n) is 6.51. The van der Waals surface area contributed by atoms with Gasteiger partial charge in [0.15, 0.2) is 0 Å². The Bertz CT molecular complexity index is 927. The molecular weight excluding hydrogens is 361 g/mol. The van der Waals surface area contributed by atoms with Crippen molar-refractivity contribution < 1.29 is 18.8 Å². The Morgan fingerprint density at radius 2 is 1.93 bits per heavy atom. The van der Waals surface area contributed by atoms with E-state index in [9.17, 15) is 18.8 Å². The molecule has 0 radical (unpaired) electrons. The molecule has 144 valence electrons. The number of benzene rings is 2. The number of carbonyl (C=O) groups is 3. The summed E-state index contributed by atoms with van der Waals surface area (Å²) in [6, 6.07) is 10.9. The highest BCUT2D eigenvalue weighted by atomic mass is 19.1. The van der Waals surface area contributed by atoms with Gasteiger partial charge in [0, 0.05) is 12.2 Å². The Morgan fingerprint density at radius 3 is 2.57 bits per heavy atom. The SMILES string of the molecule is C=CCN1C(=O)N(c2cccc(C)c2)C(=O)[C@H]1CC(=O)Nc1ccc(F)cc1. The number of rotatable bonds is 6. The molecule has 6 nitrogen and oxygen atoms in total. The van der Waals surface area contributed by atoms with Gasteiger partial charge in [-0.25, -0.2) is 14.1 Å². The fourth-order valence-corrected chi connectivity index (χ4v) is 3.11. The quantitative estimate of drug-likeness (QED) is 0.615. The van der Waals surface area contributed by atoms with E-state index in [4.69, 9.17) is 0 Å². The summed E-state index contributed by atoms with van der Waals surface area (Å²) in [5, 5.41) is 2.62. The number of urea groups is 1. The highest BCUT2D eigenvalue weighted by Gasteiger charge is 2.46. The fourth-order valence-electron chi connectivity index (χ4n) is 3.11. The summed E-state index contributed by atoms with van der Waals surface area (Å²) in [7, 11) is 0. The Morgan fingerprint density at radius 1 is 1.21 bits per heavy atom. The number of carbonyl (C=O) groups excluding carboxylic acids is 3. The van der Waals surface area contributed by atoms with E-state index in [-0.39, 0.29) is 13.0 Å². The maximum absolute atomic E-state index is 13.0. The van der Waals surface area contributed by atoms with Gasteiger partial charge in [-0.1, -0.05) is 18.2 Å². The number of nitrogens with one attached hydrogen (secondary N) is 1. The molecule has 0 saturated carbocycles. The van der Waals surface area contributed by atoms with E-state index >= 15 is 0 Å². The Kier molecular flexibility index (Phi) is 5.54. The van der Waals surface area contributed by atoms with Crippen molar-refractivity contribution in [2.75, 3.05) is 16.8 Å². The molecule has 2 aromatic rings. The van der Waals surface area contributed by atoms with E-state index in [1.165, 1.54) is 35.2 Å². The summed E-state index contributed by atoms with van der Waals surface area (Å²) in [6.07, 6.45) is 1.30. The largest absolute Gasteiger partial charge is 0.332 e. The van der Waals surface area contributed by atoms with Crippen LogP contribution in [0.4, 0.5) is 20.6 Å². The lowest BCUT2D eigenvalue weighted by Gasteiger charge is -2.19. The second-order valence-corrected chi connectivity index (χ2v) is 6.51. The van der Waals surface area contributed by atoms with E-state index < -0.39 is 29.7 Å². The van der Waals surface area contributed by atoms with Crippen molar-refractivity contribution in [3.63, 3.8) is 0 Å². The molecule has 1 fully saturated rings. The number of hydrogen-bond acceptors (Lipinski definition) is 3. The lowest BCUT2D eigenvalue weighted by Crippen LogP contribution is -2.38. The number of hydrogen-bond donors (Lipinski definition) is 1. The molecule has 7 heteroatoms. The lowest BCUT2D eigenvalue weighted by molar-refractivity contribution is -0.124. The van der Waals surface area contributed by atoms with E-state index in [1.54, 1.807) is 18.2 Å². The van der Waals surface area contributed by atoms with Crippen molar-refractivity contribution in [2.24, 2.45) is 0 Å². The summed E-state index contributed by atoms with van der Waals surface area (Å²) in [5.41, 5.74) is 1.78. The van der Waals surface area contributed by atoms with Gasteiger partial charge in [0.1, 0.15) is 11.9 Å². The molecule has 1 aliphatic rings. The average Bonchev–Trinajstić information content (AvgIpc) is 2.88. The van der Waals surface area contributed by atoms with Crippen molar-refractivity contribution in [3.8, 4) is 0 Å². The van der Waals surface area contributed by atoms with Gasteiger partial charge in [0.2, 0.25) is 5.91 Å². The van der Waals surface area contributed by atoms with Gasteiger partial charge in [-0.05, 0) is 48.9 Å². The van der Waals surface area contributed by atoms with Crippen molar-refractivity contribution in [1.82, 2.24) is 4.90 Å². The highest BCUT2D eigenvalue weighted by Crippen LogP contribution is 2.27. The number of halogens is 1. The molecule has 1 aliphatic heterocycles. The fraction of sp³-hybridized carbons (Fsp3) is 0.190. The third-order valence-corrected chi connectivity index (χ3v) is 4.41. The van der Waals surface area contributed by atoms with E-state index in [1.807, 2.05) is 13.0 Å². The molecule has 0 aromatic heterocycles. The van der Waals surface area contributed by atoms with Gasteiger partial charge < -0.3 is 10.2 Å². The molecule has 0 spiro atoms. The van der Waals surface area contributed by atoms with E-state index in [0.717, 1.165) is 10.5 Å². The molecule has 1 atom stereocenters. The van der Waals surface area contributed by atoms with Crippen LogP contribution >= 0.6 is 0 Å². The van der Waals surface area contributed by atoms with Crippen LogP contribution in [0, 0.1) is 12.7 Å². The summed E-state index contributed by atoms with van der Waals surface area (Å²) < 4.78 is 13.0. The molecule has 4 amide bonds. The first-order valence-corrected chi connectivity index (χ1v) is 8.78. The summed E-state index contributed by atoms with van der Waals surface area (Å²) >= 11 is 0. The Labute approximate surface area is 162 Å². The number of imide groups is 1. The van der Waals surface area contributed by atoms with Crippen molar-refractivity contribution in [2.45, 2.75) is 19.4 Å². The normalized spacial score (nSPS) is 16.4. The van der Waals surface area contributed by atoms with Gasteiger partial charge >= 0.3 is 6.03 Å². The lowest BCUT2D eigenvalue weighted by atomic mass is 10.1. The monoisotopic (exact) mass is 381 g/mol. The first-order valence-electron chi connectivity index (χ1n) is 8.78. The van der Waals surface area contributed by atoms with Crippen molar-refractivity contribution >= 4 is 29.2 Å². The molecule has 1 N–H and O–H groups in total. The number of nitrogens with zero attached hydrogens (tertiary/aromatic N) is 2. The predicted molar refractivity (Wildman–Crippen MR) is 104 cm³/mol.